The Balaban J connectivity index is 2.31. The minimum atomic E-state index is -0.638. The largest absolute Gasteiger partial charge is 0.398 e. The third kappa shape index (κ3) is 3.35. The van der Waals surface area contributed by atoms with Gasteiger partial charge in [-0.25, -0.2) is 0 Å². The molecular weight excluding hydrogens is 286 g/mol. The van der Waals surface area contributed by atoms with Crippen LogP contribution >= 0.6 is 0 Å². The van der Waals surface area contributed by atoms with Crippen molar-refractivity contribution in [3.05, 3.63) is 58.7 Å². The van der Waals surface area contributed by atoms with Crippen LogP contribution in [0.15, 0.2) is 36.4 Å². The average Bonchev–Trinajstić information content (AvgIpc) is 2.55. The number of nitrogens with one attached hydrogen (secondary N) is 1. The van der Waals surface area contributed by atoms with E-state index in [0.29, 0.717) is 16.9 Å². The lowest BCUT2D eigenvalue weighted by atomic mass is 9.85. The minimum Gasteiger partial charge on any atom is -0.398 e. The zero-order valence-electron chi connectivity index (χ0n) is 13.9. The monoisotopic (exact) mass is 307 g/mol. The van der Waals surface area contributed by atoms with Crippen molar-refractivity contribution in [3.63, 3.8) is 0 Å². The number of carbonyl (C=O) groups is 1. The first kappa shape index (κ1) is 16.6. The molecule has 0 aromatic heterocycles. The maximum Gasteiger partial charge on any atom is 0.255 e. The topological polar surface area (TPSA) is 78.9 Å². The van der Waals surface area contributed by atoms with Crippen LogP contribution in [-0.4, -0.2) is 5.91 Å². The number of amides is 1. The standard InChI is InChI=1S/C19H21N3O/c1-12-8-9-16(13(2)17(12)21)22-18(23)14-6-5-7-15(10-14)19(3,4)11-20/h5-10H,21H2,1-4H3,(H,22,23). The van der Waals surface area contributed by atoms with Crippen LogP contribution in [0.5, 0.6) is 0 Å². The Kier molecular flexibility index (Phi) is 4.42. The van der Waals surface area contributed by atoms with Crippen molar-refractivity contribution in [1.82, 2.24) is 0 Å². The Morgan fingerprint density at radius 1 is 1.22 bits per heavy atom. The third-order valence-electron chi connectivity index (χ3n) is 4.11. The summed E-state index contributed by atoms with van der Waals surface area (Å²) in [6.07, 6.45) is 0. The molecule has 118 valence electrons. The van der Waals surface area contributed by atoms with Gasteiger partial charge in [0.15, 0.2) is 0 Å². The lowest BCUT2D eigenvalue weighted by Crippen LogP contribution is -2.17. The number of hydrogen-bond donors (Lipinski definition) is 2. The molecule has 2 aromatic carbocycles. The molecule has 0 radical (unpaired) electrons. The molecule has 0 spiro atoms. The molecule has 2 rings (SSSR count). The van der Waals surface area contributed by atoms with Crippen molar-refractivity contribution in [2.24, 2.45) is 0 Å². The summed E-state index contributed by atoms with van der Waals surface area (Å²) in [5.74, 6) is -0.216. The quantitative estimate of drug-likeness (QED) is 0.843. The number of rotatable bonds is 3. The van der Waals surface area contributed by atoms with Crippen molar-refractivity contribution in [2.75, 3.05) is 11.1 Å². The normalized spacial score (nSPS) is 10.9. The second-order valence-corrected chi connectivity index (χ2v) is 6.24. The fourth-order valence-corrected chi connectivity index (χ4v) is 2.31. The number of benzene rings is 2. The predicted molar refractivity (Wildman–Crippen MR) is 93.4 cm³/mol. The van der Waals surface area contributed by atoms with Gasteiger partial charge in [-0.1, -0.05) is 18.2 Å². The Labute approximate surface area is 136 Å². The number of carbonyl (C=O) groups excluding carboxylic acids is 1. The van der Waals surface area contributed by atoms with Gasteiger partial charge >= 0.3 is 0 Å². The molecule has 0 saturated carbocycles. The van der Waals surface area contributed by atoms with E-state index in [1.54, 1.807) is 18.2 Å². The van der Waals surface area contributed by atoms with Gasteiger partial charge in [0.05, 0.1) is 11.5 Å². The number of aryl methyl sites for hydroxylation is 1. The summed E-state index contributed by atoms with van der Waals surface area (Å²) >= 11 is 0. The molecule has 0 aliphatic heterocycles. The molecule has 0 unspecified atom stereocenters. The Morgan fingerprint density at radius 3 is 2.57 bits per heavy atom. The van der Waals surface area contributed by atoms with Crippen molar-refractivity contribution in [3.8, 4) is 6.07 Å². The zero-order valence-corrected chi connectivity index (χ0v) is 13.9. The number of nitriles is 1. The van der Waals surface area contributed by atoms with Crippen LogP contribution in [0.25, 0.3) is 0 Å². The van der Waals surface area contributed by atoms with Gasteiger partial charge in [0, 0.05) is 16.9 Å². The van der Waals surface area contributed by atoms with Crippen molar-refractivity contribution in [1.29, 1.82) is 5.26 Å². The lowest BCUT2D eigenvalue weighted by molar-refractivity contribution is 0.102. The molecule has 0 saturated heterocycles. The molecule has 23 heavy (non-hydrogen) atoms. The fraction of sp³-hybridized carbons (Fsp3) is 0.263. The number of nitrogens with zero attached hydrogens (tertiary/aromatic N) is 1. The molecule has 0 bridgehead atoms. The smallest absolute Gasteiger partial charge is 0.255 e. The van der Waals surface area contributed by atoms with Crippen LogP contribution in [0.2, 0.25) is 0 Å². The Hall–Kier alpha value is -2.80. The van der Waals surface area contributed by atoms with Crippen molar-refractivity contribution in [2.45, 2.75) is 33.1 Å². The van der Waals surface area contributed by atoms with Crippen molar-refractivity contribution >= 4 is 17.3 Å². The highest BCUT2D eigenvalue weighted by atomic mass is 16.1. The van der Waals surface area contributed by atoms with E-state index >= 15 is 0 Å². The van der Waals surface area contributed by atoms with Crippen LogP contribution < -0.4 is 11.1 Å². The molecule has 0 fully saturated rings. The zero-order chi connectivity index (χ0) is 17.2. The summed E-state index contributed by atoms with van der Waals surface area (Å²) in [5.41, 5.74) is 9.92. The second kappa shape index (κ2) is 6.13. The van der Waals surface area contributed by atoms with E-state index in [1.165, 1.54) is 0 Å². The van der Waals surface area contributed by atoms with Crippen LogP contribution in [0.3, 0.4) is 0 Å². The Bertz CT molecular complexity index is 801. The summed E-state index contributed by atoms with van der Waals surface area (Å²) in [5, 5.41) is 12.1. The van der Waals surface area contributed by atoms with Gasteiger partial charge in [0.1, 0.15) is 0 Å². The summed E-state index contributed by atoms with van der Waals surface area (Å²) < 4.78 is 0. The summed E-state index contributed by atoms with van der Waals surface area (Å²) in [7, 11) is 0. The molecule has 0 aliphatic rings. The first-order chi connectivity index (χ1) is 10.8. The van der Waals surface area contributed by atoms with E-state index in [-0.39, 0.29) is 5.91 Å². The summed E-state index contributed by atoms with van der Waals surface area (Å²) in [4.78, 5) is 12.5. The number of nitrogens with two attached hydrogens (primary N) is 1. The van der Waals surface area contributed by atoms with Crippen LogP contribution in [0.4, 0.5) is 11.4 Å². The van der Waals surface area contributed by atoms with Gasteiger partial charge in [0.2, 0.25) is 0 Å². The summed E-state index contributed by atoms with van der Waals surface area (Å²) in [6.45, 7) is 7.47. The molecule has 0 atom stereocenters. The lowest BCUT2D eigenvalue weighted by Gasteiger charge is -2.17. The minimum absolute atomic E-state index is 0.216. The van der Waals surface area contributed by atoms with Gasteiger partial charge in [0.25, 0.3) is 5.91 Å². The molecule has 0 heterocycles. The SMILES string of the molecule is Cc1ccc(NC(=O)c2cccc(C(C)(C)C#N)c2)c(C)c1N. The number of anilines is 2. The van der Waals surface area contributed by atoms with Gasteiger partial charge in [-0.15, -0.1) is 0 Å². The highest BCUT2D eigenvalue weighted by Gasteiger charge is 2.21. The van der Waals surface area contributed by atoms with Crippen LogP contribution in [0.1, 0.15) is 40.9 Å². The van der Waals surface area contributed by atoms with Crippen LogP contribution in [-0.2, 0) is 5.41 Å². The molecule has 0 aliphatic carbocycles. The molecule has 1 amide bonds. The van der Waals surface area contributed by atoms with Gasteiger partial charge in [-0.2, -0.15) is 5.26 Å². The number of hydrogen-bond acceptors (Lipinski definition) is 3. The number of nitrogen functional groups attached to an aromatic ring is 1. The van der Waals surface area contributed by atoms with Gasteiger partial charge in [-0.3, -0.25) is 4.79 Å². The average molecular weight is 307 g/mol. The summed E-state index contributed by atoms with van der Waals surface area (Å²) in [6, 6.07) is 13.1. The van der Waals surface area contributed by atoms with E-state index in [9.17, 15) is 10.1 Å². The highest BCUT2D eigenvalue weighted by molar-refractivity contribution is 6.05. The van der Waals surface area contributed by atoms with E-state index < -0.39 is 5.41 Å². The van der Waals surface area contributed by atoms with E-state index in [1.807, 2.05) is 45.9 Å². The highest BCUT2D eigenvalue weighted by Crippen LogP contribution is 2.26. The first-order valence-electron chi connectivity index (χ1n) is 7.45. The molecule has 2 aromatic rings. The maximum atomic E-state index is 12.5. The maximum absolute atomic E-state index is 12.5. The van der Waals surface area contributed by atoms with E-state index in [4.69, 9.17) is 5.73 Å². The van der Waals surface area contributed by atoms with Gasteiger partial charge < -0.3 is 11.1 Å². The molecule has 4 heteroatoms. The Morgan fingerprint density at radius 2 is 1.91 bits per heavy atom. The molecule has 3 N–H and O–H groups in total. The third-order valence-corrected chi connectivity index (χ3v) is 4.11. The van der Waals surface area contributed by atoms with Crippen LogP contribution in [0, 0.1) is 25.2 Å². The van der Waals surface area contributed by atoms with Gasteiger partial charge in [-0.05, 0) is 62.6 Å². The second-order valence-electron chi connectivity index (χ2n) is 6.24. The first-order valence-corrected chi connectivity index (χ1v) is 7.45. The fourth-order valence-electron chi connectivity index (χ4n) is 2.31. The van der Waals surface area contributed by atoms with Crippen molar-refractivity contribution < 1.29 is 4.79 Å². The predicted octanol–water partition coefficient (Wildman–Crippen LogP) is 3.94. The molecule has 4 nitrogen and oxygen atoms in total. The van der Waals surface area contributed by atoms with E-state index in [0.717, 1.165) is 16.7 Å². The van der Waals surface area contributed by atoms with E-state index in [2.05, 4.69) is 11.4 Å². The molecular formula is C19H21N3O.